The molecule has 20 heavy (non-hydrogen) atoms. The van der Waals surface area contributed by atoms with E-state index in [0.29, 0.717) is 12.2 Å². The molecule has 0 unspecified atom stereocenters. The van der Waals surface area contributed by atoms with E-state index in [-0.39, 0.29) is 0 Å². The number of benzene rings is 2. The van der Waals surface area contributed by atoms with Crippen LogP contribution < -0.4 is 0 Å². The second kappa shape index (κ2) is 4.91. The summed E-state index contributed by atoms with van der Waals surface area (Å²) < 4.78 is 5.50. The van der Waals surface area contributed by atoms with Gasteiger partial charge in [-0.2, -0.15) is 0 Å². The van der Waals surface area contributed by atoms with Crippen LogP contribution in [0.5, 0.6) is 0 Å². The third kappa shape index (κ3) is 2.48. The van der Waals surface area contributed by atoms with Crippen LogP contribution in [0.1, 0.15) is 18.4 Å². The summed E-state index contributed by atoms with van der Waals surface area (Å²) in [5, 5.41) is 0.785. The van der Waals surface area contributed by atoms with Crippen LogP contribution in [0, 0.1) is 5.92 Å². The zero-order valence-electron chi connectivity index (χ0n) is 11.3. The molecule has 3 atom stereocenters. The fraction of sp³-hybridized carbons (Fsp3) is 0.333. The molecule has 1 aliphatic heterocycles. The first-order valence-electron chi connectivity index (χ1n) is 7.28. The summed E-state index contributed by atoms with van der Waals surface area (Å²) >= 11 is 5.92. The van der Waals surface area contributed by atoms with Crippen LogP contribution in [0.3, 0.4) is 0 Å². The molecule has 0 amide bonds. The second-order valence-electron chi connectivity index (χ2n) is 5.96. The first kappa shape index (κ1) is 12.4. The minimum absolute atomic E-state index is 0.591. The Hall–Kier alpha value is -1.31. The summed E-state index contributed by atoms with van der Waals surface area (Å²) in [5.41, 5.74) is 3.91. The molecule has 2 aliphatic rings. The van der Waals surface area contributed by atoms with Gasteiger partial charge in [0.15, 0.2) is 0 Å². The summed E-state index contributed by atoms with van der Waals surface area (Å²) in [4.78, 5) is 0. The van der Waals surface area contributed by atoms with Crippen LogP contribution >= 0.6 is 11.6 Å². The van der Waals surface area contributed by atoms with Crippen molar-refractivity contribution >= 4 is 11.6 Å². The van der Waals surface area contributed by atoms with Crippen LogP contribution in [-0.4, -0.2) is 12.2 Å². The maximum Gasteiger partial charge on any atom is 0.0844 e. The average molecular weight is 285 g/mol. The number of ether oxygens (including phenoxy) is 1. The molecule has 0 bridgehead atoms. The molecule has 0 aromatic heterocycles. The van der Waals surface area contributed by atoms with E-state index in [4.69, 9.17) is 16.3 Å². The normalized spacial score (nSPS) is 27.4. The third-order valence-electron chi connectivity index (χ3n) is 4.47. The van der Waals surface area contributed by atoms with Crippen molar-refractivity contribution < 1.29 is 4.74 Å². The van der Waals surface area contributed by atoms with Gasteiger partial charge in [-0.1, -0.05) is 48.0 Å². The van der Waals surface area contributed by atoms with E-state index in [1.54, 1.807) is 0 Å². The molecule has 2 aromatic carbocycles. The Kier molecular flexibility index (Phi) is 3.05. The molecular formula is C18H17ClO. The molecule has 2 aromatic rings. The number of rotatable bonds is 3. The summed E-state index contributed by atoms with van der Waals surface area (Å²) in [6.07, 6.45) is 4.88. The van der Waals surface area contributed by atoms with E-state index in [9.17, 15) is 0 Å². The van der Waals surface area contributed by atoms with Gasteiger partial charge in [-0.3, -0.25) is 0 Å². The van der Waals surface area contributed by atoms with Crippen molar-refractivity contribution in [2.24, 2.45) is 5.92 Å². The molecule has 1 heterocycles. The molecule has 1 saturated heterocycles. The Bertz CT molecular complexity index is 592. The van der Waals surface area contributed by atoms with Crippen molar-refractivity contribution in [3.05, 3.63) is 59.1 Å². The summed E-state index contributed by atoms with van der Waals surface area (Å²) in [6, 6.07) is 17.0. The summed E-state index contributed by atoms with van der Waals surface area (Å²) in [7, 11) is 0. The van der Waals surface area contributed by atoms with Crippen molar-refractivity contribution in [1.82, 2.24) is 0 Å². The maximum atomic E-state index is 5.92. The van der Waals surface area contributed by atoms with Gasteiger partial charge in [-0.15, -0.1) is 0 Å². The lowest BCUT2D eigenvalue weighted by Gasteiger charge is -2.11. The van der Waals surface area contributed by atoms with E-state index >= 15 is 0 Å². The smallest absolute Gasteiger partial charge is 0.0844 e. The average Bonchev–Trinajstić information content (AvgIpc) is 3.08. The van der Waals surface area contributed by atoms with Gasteiger partial charge in [-0.25, -0.2) is 0 Å². The van der Waals surface area contributed by atoms with E-state index < -0.39 is 0 Å². The lowest BCUT2D eigenvalue weighted by molar-refractivity contribution is 0.272. The highest BCUT2D eigenvalue weighted by Crippen LogP contribution is 2.43. The molecular weight excluding hydrogens is 268 g/mol. The lowest BCUT2D eigenvalue weighted by atomic mass is 9.95. The van der Waals surface area contributed by atoms with Crippen LogP contribution in [0.4, 0.5) is 0 Å². The van der Waals surface area contributed by atoms with E-state index in [1.165, 1.54) is 36.0 Å². The van der Waals surface area contributed by atoms with Crippen LogP contribution in [0.15, 0.2) is 48.5 Å². The zero-order valence-corrected chi connectivity index (χ0v) is 12.0. The van der Waals surface area contributed by atoms with Crippen LogP contribution in [0.25, 0.3) is 11.1 Å². The molecule has 0 radical (unpaired) electrons. The molecule has 2 heteroatoms. The minimum atomic E-state index is 0.591. The minimum Gasteiger partial charge on any atom is -0.370 e. The highest BCUT2D eigenvalue weighted by atomic mass is 35.5. The molecule has 2 fully saturated rings. The van der Waals surface area contributed by atoms with E-state index in [1.807, 2.05) is 12.1 Å². The standard InChI is InChI=1S/C18H17ClO/c19-16-7-5-15(6-8-16)14-3-1-12(2-4-14)9-13-10-17-18(11-13)20-17/h1-8,13,17-18H,9-11H2/t13-,17+,18-. The number of hydrogen-bond acceptors (Lipinski definition) is 1. The monoisotopic (exact) mass is 284 g/mol. The third-order valence-corrected chi connectivity index (χ3v) is 4.73. The van der Waals surface area contributed by atoms with Crippen molar-refractivity contribution in [2.45, 2.75) is 31.5 Å². The van der Waals surface area contributed by atoms with Gasteiger partial charge in [0.25, 0.3) is 0 Å². The Morgan fingerprint density at radius 3 is 2.00 bits per heavy atom. The fourth-order valence-corrected chi connectivity index (χ4v) is 3.45. The number of fused-ring (bicyclic) bond motifs is 1. The largest absolute Gasteiger partial charge is 0.370 e. The van der Waals surface area contributed by atoms with Crippen LogP contribution in [0.2, 0.25) is 5.02 Å². The molecule has 0 spiro atoms. The number of epoxide rings is 1. The molecule has 0 N–H and O–H groups in total. The van der Waals surface area contributed by atoms with Gasteiger partial charge in [0.05, 0.1) is 12.2 Å². The molecule has 4 rings (SSSR count). The van der Waals surface area contributed by atoms with Crippen molar-refractivity contribution in [3.8, 4) is 11.1 Å². The van der Waals surface area contributed by atoms with Gasteiger partial charge < -0.3 is 4.74 Å². The Labute approximate surface area is 124 Å². The first-order chi connectivity index (χ1) is 9.78. The van der Waals surface area contributed by atoms with Gasteiger partial charge in [0.2, 0.25) is 0 Å². The predicted octanol–water partition coefficient (Wildman–Crippen LogP) is 4.73. The van der Waals surface area contributed by atoms with Crippen LogP contribution in [-0.2, 0) is 11.2 Å². The zero-order chi connectivity index (χ0) is 13.5. The van der Waals surface area contributed by atoms with Gasteiger partial charge >= 0.3 is 0 Å². The highest BCUT2D eigenvalue weighted by Gasteiger charge is 2.47. The quantitative estimate of drug-likeness (QED) is 0.743. The van der Waals surface area contributed by atoms with E-state index in [2.05, 4.69) is 36.4 Å². The molecule has 1 saturated carbocycles. The highest BCUT2D eigenvalue weighted by molar-refractivity contribution is 6.30. The van der Waals surface area contributed by atoms with Crippen molar-refractivity contribution in [3.63, 3.8) is 0 Å². The summed E-state index contributed by atoms with van der Waals surface area (Å²) in [5.74, 6) is 0.820. The maximum absolute atomic E-state index is 5.92. The SMILES string of the molecule is Clc1ccc(-c2ccc(C[C@@H]3C[C@@H]4O[C@@H]4C3)cc2)cc1. The van der Waals surface area contributed by atoms with Gasteiger partial charge in [-0.05, 0) is 54.0 Å². The predicted molar refractivity (Wildman–Crippen MR) is 82.0 cm³/mol. The molecule has 102 valence electrons. The Balaban J connectivity index is 1.46. The van der Waals surface area contributed by atoms with E-state index in [0.717, 1.165) is 10.9 Å². The fourth-order valence-electron chi connectivity index (χ4n) is 3.32. The Morgan fingerprint density at radius 1 is 0.850 bits per heavy atom. The van der Waals surface area contributed by atoms with Crippen molar-refractivity contribution in [1.29, 1.82) is 0 Å². The van der Waals surface area contributed by atoms with Gasteiger partial charge in [0, 0.05) is 5.02 Å². The second-order valence-corrected chi connectivity index (χ2v) is 6.39. The molecule has 1 aliphatic carbocycles. The Morgan fingerprint density at radius 2 is 1.40 bits per heavy atom. The molecule has 1 nitrogen and oxygen atoms in total. The van der Waals surface area contributed by atoms with Crippen molar-refractivity contribution in [2.75, 3.05) is 0 Å². The topological polar surface area (TPSA) is 12.5 Å². The number of hydrogen-bond donors (Lipinski definition) is 0. The van der Waals surface area contributed by atoms with Gasteiger partial charge in [0.1, 0.15) is 0 Å². The summed E-state index contributed by atoms with van der Waals surface area (Å²) in [6.45, 7) is 0. The number of halogens is 1. The lowest BCUT2D eigenvalue weighted by Crippen LogP contribution is -2.03. The first-order valence-corrected chi connectivity index (χ1v) is 7.66.